The molecule has 3 heteroatoms. The van der Waals surface area contributed by atoms with Crippen LogP contribution in [0.25, 0.3) is 0 Å². The van der Waals surface area contributed by atoms with Crippen LogP contribution in [0.4, 0.5) is 5.69 Å². The zero-order valence-corrected chi connectivity index (χ0v) is 12.5. The van der Waals surface area contributed by atoms with Crippen LogP contribution in [0, 0.1) is 0 Å². The number of hydrogen-bond acceptors (Lipinski definition) is 3. The lowest BCUT2D eigenvalue weighted by atomic mass is 10.1. The van der Waals surface area contributed by atoms with Crippen LogP contribution in [0.3, 0.4) is 0 Å². The minimum Gasteiger partial charge on any atom is -0.442 e. The zero-order chi connectivity index (χ0) is 15.1. The Morgan fingerprint density at radius 3 is 2.14 bits per heavy atom. The van der Waals surface area contributed by atoms with E-state index in [1.807, 2.05) is 55.5 Å². The van der Waals surface area contributed by atoms with E-state index in [0.717, 1.165) is 12.1 Å². The average Bonchev–Trinajstić information content (AvgIpc) is 2.52. The van der Waals surface area contributed by atoms with Gasteiger partial charge in [-0.3, -0.25) is 4.79 Å². The summed E-state index contributed by atoms with van der Waals surface area (Å²) in [6.45, 7) is 4.18. The van der Waals surface area contributed by atoms with Crippen LogP contribution < -0.4 is 4.90 Å². The van der Waals surface area contributed by atoms with Gasteiger partial charge in [-0.05, 0) is 17.7 Å². The van der Waals surface area contributed by atoms with Crippen molar-refractivity contribution in [2.75, 3.05) is 4.90 Å². The number of anilines is 1. The molecule has 2 aromatic rings. The molecule has 2 aromatic carbocycles. The molecule has 0 aliphatic carbocycles. The molecule has 21 heavy (non-hydrogen) atoms. The number of benzene rings is 2. The van der Waals surface area contributed by atoms with Crippen LogP contribution in [-0.2, 0) is 16.1 Å². The van der Waals surface area contributed by atoms with Crippen LogP contribution in [0.15, 0.2) is 60.7 Å². The number of carbonyl (C=O) groups excluding carboxylic acids is 1. The first-order valence-electron chi connectivity index (χ1n) is 7.23. The highest BCUT2D eigenvalue weighted by Gasteiger charge is 2.20. The van der Waals surface area contributed by atoms with E-state index >= 15 is 0 Å². The molecule has 0 fully saturated rings. The fourth-order valence-corrected chi connectivity index (χ4v) is 2.32. The molecule has 0 bridgehead atoms. The topological polar surface area (TPSA) is 29.5 Å². The monoisotopic (exact) mass is 283 g/mol. The van der Waals surface area contributed by atoms with Gasteiger partial charge in [-0.2, -0.15) is 0 Å². The van der Waals surface area contributed by atoms with Crippen molar-refractivity contribution in [3.8, 4) is 0 Å². The molecule has 0 saturated carbocycles. The Morgan fingerprint density at radius 2 is 1.62 bits per heavy atom. The van der Waals surface area contributed by atoms with Crippen LogP contribution in [-0.4, -0.2) is 12.2 Å². The highest BCUT2D eigenvalue weighted by Crippen LogP contribution is 2.22. The van der Waals surface area contributed by atoms with Gasteiger partial charge in [0.1, 0.15) is 0 Å². The average molecular weight is 283 g/mol. The third-order valence-electron chi connectivity index (χ3n) is 3.28. The molecular weight excluding hydrogens is 262 g/mol. The largest absolute Gasteiger partial charge is 0.442 e. The summed E-state index contributed by atoms with van der Waals surface area (Å²) in [5.41, 5.74) is 2.24. The summed E-state index contributed by atoms with van der Waals surface area (Å²) in [5, 5.41) is 0. The van der Waals surface area contributed by atoms with Gasteiger partial charge in [-0.1, -0.05) is 55.5 Å². The summed E-state index contributed by atoms with van der Waals surface area (Å²) < 4.78 is 5.48. The van der Waals surface area contributed by atoms with E-state index in [4.69, 9.17) is 4.74 Å². The smallest absolute Gasteiger partial charge is 0.304 e. The number of esters is 1. The van der Waals surface area contributed by atoms with E-state index in [1.165, 1.54) is 12.5 Å². The van der Waals surface area contributed by atoms with Gasteiger partial charge >= 0.3 is 5.97 Å². The second-order valence-corrected chi connectivity index (χ2v) is 4.92. The Morgan fingerprint density at radius 1 is 1.05 bits per heavy atom. The molecule has 0 heterocycles. The number of carbonyl (C=O) groups is 1. The SMILES string of the molecule is CCC(OC(C)=O)N(Cc1ccccc1)c1ccccc1. The van der Waals surface area contributed by atoms with Crippen molar-refractivity contribution >= 4 is 11.7 Å². The standard InChI is InChI=1S/C18H21NO2/c1-3-18(21-15(2)20)19(17-12-8-5-9-13-17)14-16-10-6-4-7-11-16/h4-13,18H,3,14H2,1-2H3. The third kappa shape index (κ3) is 4.35. The van der Waals surface area contributed by atoms with Crippen molar-refractivity contribution in [2.45, 2.75) is 33.0 Å². The minimum atomic E-state index is -0.259. The van der Waals surface area contributed by atoms with Gasteiger partial charge in [0.25, 0.3) is 0 Å². The maximum Gasteiger partial charge on any atom is 0.304 e. The molecule has 2 rings (SSSR count). The maximum absolute atomic E-state index is 11.4. The van der Waals surface area contributed by atoms with E-state index in [0.29, 0.717) is 6.54 Å². The van der Waals surface area contributed by atoms with Gasteiger partial charge in [0.2, 0.25) is 0 Å². The molecule has 0 aliphatic heterocycles. The molecule has 0 N–H and O–H groups in total. The van der Waals surface area contributed by atoms with Gasteiger partial charge in [0, 0.05) is 25.6 Å². The predicted octanol–water partition coefficient (Wildman–Crippen LogP) is 3.99. The Balaban J connectivity index is 2.27. The zero-order valence-electron chi connectivity index (χ0n) is 12.5. The second-order valence-electron chi connectivity index (χ2n) is 4.92. The van der Waals surface area contributed by atoms with E-state index in [1.54, 1.807) is 0 Å². The van der Waals surface area contributed by atoms with E-state index in [2.05, 4.69) is 17.0 Å². The fraction of sp³-hybridized carbons (Fsp3) is 0.278. The first-order valence-corrected chi connectivity index (χ1v) is 7.23. The molecule has 1 unspecified atom stereocenters. The molecule has 0 amide bonds. The molecule has 0 aromatic heterocycles. The number of hydrogen-bond donors (Lipinski definition) is 0. The lowest BCUT2D eigenvalue weighted by Gasteiger charge is -2.32. The van der Waals surface area contributed by atoms with Gasteiger partial charge in [-0.15, -0.1) is 0 Å². The van der Waals surface area contributed by atoms with Gasteiger partial charge < -0.3 is 9.64 Å². The molecule has 1 atom stereocenters. The number of rotatable bonds is 6. The van der Waals surface area contributed by atoms with Crippen molar-refractivity contribution < 1.29 is 9.53 Å². The van der Waals surface area contributed by atoms with E-state index in [9.17, 15) is 4.79 Å². The predicted molar refractivity (Wildman–Crippen MR) is 84.9 cm³/mol. The van der Waals surface area contributed by atoms with Crippen molar-refractivity contribution in [2.24, 2.45) is 0 Å². The summed E-state index contributed by atoms with van der Waals surface area (Å²) in [6.07, 6.45) is 0.478. The van der Waals surface area contributed by atoms with Crippen molar-refractivity contribution in [1.29, 1.82) is 0 Å². The van der Waals surface area contributed by atoms with Gasteiger partial charge in [-0.25, -0.2) is 0 Å². The summed E-state index contributed by atoms with van der Waals surface area (Å²) >= 11 is 0. The van der Waals surface area contributed by atoms with E-state index < -0.39 is 0 Å². The molecule has 0 radical (unpaired) electrons. The van der Waals surface area contributed by atoms with Crippen molar-refractivity contribution in [3.63, 3.8) is 0 Å². The summed E-state index contributed by atoms with van der Waals surface area (Å²) in [4.78, 5) is 13.5. The van der Waals surface area contributed by atoms with Gasteiger partial charge in [0.05, 0.1) is 0 Å². The van der Waals surface area contributed by atoms with E-state index in [-0.39, 0.29) is 12.2 Å². The second kappa shape index (κ2) is 7.48. The molecular formula is C18H21NO2. The maximum atomic E-state index is 11.4. The first kappa shape index (κ1) is 15.1. The van der Waals surface area contributed by atoms with Gasteiger partial charge in [0.15, 0.2) is 6.23 Å². The van der Waals surface area contributed by atoms with Crippen LogP contribution in [0.2, 0.25) is 0 Å². The minimum absolute atomic E-state index is 0.254. The number of para-hydroxylation sites is 1. The van der Waals surface area contributed by atoms with Crippen LogP contribution in [0.5, 0.6) is 0 Å². The molecule has 0 spiro atoms. The van der Waals surface area contributed by atoms with Crippen molar-refractivity contribution in [1.82, 2.24) is 0 Å². The summed E-state index contributed by atoms with van der Waals surface area (Å²) in [7, 11) is 0. The Labute approximate surface area is 126 Å². The Bertz CT molecular complexity index is 554. The third-order valence-corrected chi connectivity index (χ3v) is 3.28. The highest BCUT2D eigenvalue weighted by molar-refractivity contribution is 5.66. The number of ether oxygens (including phenoxy) is 1. The highest BCUT2D eigenvalue weighted by atomic mass is 16.6. The molecule has 0 aliphatic rings. The summed E-state index contributed by atoms with van der Waals surface area (Å²) in [6, 6.07) is 20.2. The van der Waals surface area contributed by atoms with Crippen LogP contribution >= 0.6 is 0 Å². The normalized spacial score (nSPS) is 11.7. The Kier molecular flexibility index (Phi) is 5.38. The molecule has 0 saturated heterocycles. The molecule has 110 valence electrons. The lowest BCUT2D eigenvalue weighted by molar-refractivity contribution is -0.146. The fourth-order valence-electron chi connectivity index (χ4n) is 2.32. The number of nitrogens with zero attached hydrogens (tertiary/aromatic N) is 1. The first-order chi connectivity index (χ1) is 10.2. The van der Waals surface area contributed by atoms with Crippen LogP contribution in [0.1, 0.15) is 25.8 Å². The quantitative estimate of drug-likeness (QED) is 0.593. The Hall–Kier alpha value is -2.29. The lowest BCUT2D eigenvalue weighted by Crippen LogP contribution is -2.37. The van der Waals surface area contributed by atoms with Crippen molar-refractivity contribution in [3.05, 3.63) is 66.2 Å². The molecule has 3 nitrogen and oxygen atoms in total. The summed E-state index contributed by atoms with van der Waals surface area (Å²) in [5.74, 6) is -0.254.